The third-order valence-electron chi connectivity index (χ3n) is 6.83. The van der Waals surface area contributed by atoms with Crippen LogP contribution in [-0.2, 0) is 0 Å². The summed E-state index contributed by atoms with van der Waals surface area (Å²) < 4.78 is 11.6. The molecular weight excluding hydrogens is 524 g/mol. The van der Waals surface area contributed by atoms with Gasteiger partial charge in [0.25, 0.3) is 0 Å². The molecule has 4 N–H and O–H groups in total. The molecule has 204 valence electrons. The second-order valence-corrected chi connectivity index (χ2v) is 9.83. The predicted octanol–water partition coefficient (Wildman–Crippen LogP) is 8.05. The van der Waals surface area contributed by atoms with Crippen molar-refractivity contribution >= 4 is 33.7 Å². The number of carbonyl (C=O) groups is 2. The summed E-state index contributed by atoms with van der Waals surface area (Å²) in [7, 11) is 0. The highest BCUT2D eigenvalue weighted by Crippen LogP contribution is 2.26. The summed E-state index contributed by atoms with van der Waals surface area (Å²) in [6.07, 6.45) is 0. The van der Waals surface area contributed by atoms with Gasteiger partial charge in [-0.1, -0.05) is 24.3 Å². The Bertz CT molecular complexity index is 1750. The summed E-state index contributed by atoms with van der Waals surface area (Å²) >= 11 is 0. The summed E-state index contributed by atoms with van der Waals surface area (Å²) in [4.78, 5) is 26.4. The normalized spacial score (nSPS) is 10.8. The molecule has 0 spiro atoms. The van der Waals surface area contributed by atoms with Gasteiger partial charge in [-0.15, -0.1) is 0 Å². The molecule has 0 aliphatic rings. The predicted molar refractivity (Wildman–Crippen MR) is 166 cm³/mol. The van der Waals surface area contributed by atoms with E-state index in [1.54, 1.807) is 109 Å². The van der Waals surface area contributed by atoms with E-state index in [1.807, 2.05) is 24.3 Å². The number of nitrogen functional groups attached to an aromatic ring is 2. The minimum absolute atomic E-state index is 0.0997. The molecule has 0 radical (unpaired) electrons. The minimum Gasteiger partial charge on any atom is -0.457 e. The van der Waals surface area contributed by atoms with Gasteiger partial charge in [-0.3, -0.25) is 9.59 Å². The molecule has 0 aliphatic heterocycles. The molecular formula is C36H26N2O4. The van der Waals surface area contributed by atoms with Gasteiger partial charge >= 0.3 is 0 Å². The molecule has 0 saturated carbocycles. The zero-order valence-corrected chi connectivity index (χ0v) is 22.5. The zero-order valence-electron chi connectivity index (χ0n) is 22.5. The molecule has 6 heteroatoms. The largest absolute Gasteiger partial charge is 0.457 e. The summed E-state index contributed by atoms with van der Waals surface area (Å²) in [5.74, 6) is 2.37. The fourth-order valence-corrected chi connectivity index (χ4v) is 4.55. The molecule has 0 aliphatic carbocycles. The minimum atomic E-state index is -0.0997. The van der Waals surface area contributed by atoms with Crippen LogP contribution < -0.4 is 20.9 Å². The van der Waals surface area contributed by atoms with Gasteiger partial charge in [-0.2, -0.15) is 0 Å². The van der Waals surface area contributed by atoms with E-state index in [0.717, 1.165) is 10.8 Å². The van der Waals surface area contributed by atoms with E-state index in [0.29, 0.717) is 56.6 Å². The van der Waals surface area contributed by atoms with E-state index >= 15 is 0 Å². The number of fused-ring (bicyclic) bond motifs is 1. The van der Waals surface area contributed by atoms with E-state index in [-0.39, 0.29) is 11.6 Å². The molecule has 6 aromatic carbocycles. The Hall–Kier alpha value is -5.88. The molecule has 0 atom stereocenters. The molecule has 6 rings (SSSR count). The summed E-state index contributed by atoms with van der Waals surface area (Å²) in [6, 6.07) is 39.2. The number of carbonyl (C=O) groups excluding carboxylic acids is 2. The van der Waals surface area contributed by atoms with E-state index in [1.165, 1.54) is 0 Å². The average molecular weight is 551 g/mol. The van der Waals surface area contributed by atoms with Crippen LogP contribution in [-0.4, -0.2) is 11.6 Å². The van der Waals surface area contributed by atoms with Crippen molar-refractivity contribution in [1.29, 1.82) is 0 Å². The molecule has 6 nitrogen and oxygen atoms in total. The molecule has 0 bridgehead atoms. The van der Waals surface area contributed by atoms with E-state index in [4.69, 9.17) is 20.9 Å². The topological polar surface area (TPSA) is 105 Å². The zero-order chi connectivity index (χ0) is 29.1. The van der Waals surface area contributed by atoms with Crippen molar-refractivity contribution in [1.82, 2.24) is 0 Å². The van der Waals surface area contributed by atoms with Gasteiger partial charge in [0.15, 0.2) is 11.6 Å². The SMILES string of the molecule is Nc1ccc(Oc2ccc(C(=O)c3ccc4cc(C(=O)c5ccc(Oc6ccc(N)cc6)cc5)ccc4c3)cc2)cc1. The number of rotatable bonds is 8. The van der Waals surface area contributed by atoms with Gasteiger partial charge in [0.05, 0.1) is 0 Å². The number of ketones is 2. The van der Waals surface area contributed by atoms with Crippen LogP contribution in [0.1, 0.15) is 31.8 Å². The van der Waals surface area contributed by atoms with Gasteiger partial charge in [0.1, 0.15) is 23.0 Å². The maximum atomic E-state index is 13.2. The fourth-order valence-electron chi connectivity index (χ4n) is 4.55. The van der Waals surface area contributed by atoms with Gasteiger partial charge in [0, 0.05) is 33.6 Å². The third-order valence-corrected chi connectivity index (χ3v) is 6.83. The van der Waals surface area contributed by atoms with Crippen LogP contribution in [0.15, 0.2) is 133 Å². The Morgan fingerprint density at radius 2 is 0.667 bits per heavy atom. The van der Waals surface area contributed by atoms with Crippen LogP contribution in [0.5, 0.6) is 23.0 Å². The summed E-state index contributed by atoms with van der Waals surface area (Å²) in [5, 5.41) is 1.74. The molecule has 0 fully saturated rings. The van der Waals surface area contributed by atoms with Crippen molar-refractivity contribution in [2.45, 2.75) is 0 Å². The van der Waals surface area contributed by atoms with E-state index < -0.39 is 0 Å². The summed E-state index contributed by atoms with van der Waals surface area (Å²) in [5.41, 5.74) is 15.0. The van der Waals surface area contributed by atoms with Gasteiger partial charge in [-0.05, 0) is 120 Å². The van der Waals surface area contributed by atoms with Crippen molar-refractivity contribution in [2.24, 2.45) is 0 Å². The van der Waals surface area contributed by atoms with Crippen LogP contribution in [0.4, 0.5) is 11.4 Å². The Kier molecular flexibility index (Phi) is 7.10. The van der Waals surface area contributed by atoms with Crippen molar-refractivity contribution in [3.8, 4) is 23.0 Å². The Morgan fingerprint density at radius 1 is 0.381 bits per heavy atom. The van der Waals surface area contributed by atoms with Gasteiger partial charge in [0.2, 0.25) is 0 Å². The lowest BCUT2D eigenvalue weighted by atomic mass is 9.96. The number of ether oxygens (including phenoxy) is 2. The maximum absolute atomic E-state index is 13.2. The smallest absolute Gasteiger partial charge is 0.193 e. The van der Waals surface area contributed by atoms with Crippen molar-refractivity contribution in [3.05, 3.63) is 156 Å². The Morgan fingerprint density at radius 3 is 1.00 bits per heavy atom. The number of hydrogen-bond donors (Lipinski definition) is 2. The van der Waals surface area contributed by atoms with Gasteiger partial charge < -0.3 is 20.9 Å². The number of anilines is 2. The standard InChI is InChI=1S/C36H26N2O4/c37-29-9-17-33(18-10-29)41-31-13-5-23(6-14-31)35(39)27-3-1-25-21-28(4-2-26(25)22-27)36(40)24-7-15-32(16-8-24)42-34-19-11-30(38)12-20-34/h1-22H,37-38H2. The monoisotopic (exact) mass is 550 g/mol. The summed E-state index contributed by atoms with van der Waals surface area (Å²) in [6.45, 7) is 0. The average Bonchev–Trinajstić information content (AvgIpc) is 3.03. The van der Waals surface area contributed by atoms with Crippen molar-refractivity contribution in [3.63, 3.8) is 0 Å². The molecule has 0 unspecified atom stereocenters. The molecule has 42 heavy (non-hydrogen) atoms. The van der Waals surface area contributed by atoms with Crippen LogP contribution >= 0.6 is 0 Å². The number of nitrogens with two attached hydrogens (primary N) is 2. The Labute approximate surface area is 242 Å². The quantitative estimate of drug-likeness (QED) is 0.147. The lowest BCUT2D eigenvalue weighted by molar-refractivity contribution is 0.103. The van der Waals surface area contributed by atoms with Crippen molar-refractivity contribution < 1.29 is 19.1 Å². The molecule has 6 aromatic rings. The molecule has 0 amide bonds. The first-order valence-corrected chi connectivity index (χ1v) is 13.3. The maximum Gasteiger partial charge on any atom is 0.193 e. The highest BCUT2D eigenvalue weighted by molar-refractivity contribution is 6.12. The van der Waals surface area contributed by atoms with Crippen molar-refractivity contribution in [2.75, 3.05) is 11.5 Å². The first-order valence-electron chi connectivity index (χ1n) is 13.3. The van der Waals surface area contributed by atoms with Crippen LogP contribution in [0.2, 0.25) is 0 Å². The third kappa shape index (κ3) is 5.83. The molecule has 0 aromatic heterocycles. The van der Waals surface area contributed by atoms with Gasteiger partial charge in [-0.25, -0.2) is 0 Å². The first-order chi connectivity index (χ1) is 20.4. The lowest BCUT2D eigenvalue weighted by Gasteiger charge is -2.09. The highest BCUT2D eigenvalue weighted by atomic mass is 16.5. The first kappa shape index (κ1) is 26.3. The Balaban J connectivity index is 1.14. The van der Waals surface area contributed by atoms with Crippen LogP contribution in [0, 0.1) is 0 Å². The van der Waals surface area contributed by atoms with E-state index in [2.05, 4.69) is 0 Å². The highest BCUT2D eigenvalue weighted by Gasteiger charge is 2.13. The second kappa shape index (κ2) is 11.3. The fraction of sp³-hybridized carbons (Fsp3) is 0. The van der Waals surface area contributed by atoms with E-state index in [9.17, 15) is 9.59 Å². The molecule has 0 heterocycles. The molecule has 0 saturated heterocycles. The number of hydrogen-bond acceptors (Lipinski definition) is 6. The van der Waals surface area contributed by atoms with Crippen LogP contribution in [0.3, 0.4) is 0 Å². The van der Waals surface area contributed by atoms with Crippen LogP contribution in [0.25, 0.3) is 10.8 Å². The number of benzene rings is 6. The lowest BCUT2D eigenvalue weighted by Crippen LogP contribution is -2.02. The second-order valence-electron chi connectivity index (χ2n) is 9.83.